The molecule has 0 fully saturated rings. The molecule has 0 N–H and O–H groups in total. The van der Waals surface area contributed by atoms with Gasteiger partial charge in [0, 0.05) is 23.8 Å². The molecule has 0 saturated carbocycles. The number of pyridine rings is 2. The first-order valence-electron chi connectivity index (χ1n) is 18.5. The number of nitrogens with zero attached hydrogens (tertiary/aromatic N) is 6. The van der Waals surface area contributed by atoms with Crippen molar-refractivity contribution in [3.8, 4) is 11.5 Å². The first-order valence-corrected chi connectivity index (χ1v) is 18.5. The molecule has 273 valence electrons. The molecule has 1 aliphatic rings. The molecule has 0 bridgehead atoms. The molecule has 0 aliphatic carbocycles. The van der Waals surface area contributed by atoms with Crippen LogP contribution in [0.3, 0.4) is 0 Å². The normalized spacial score (nSPS) is 12.5. The second-order valence-electron chi connectivity index (χ2n) is 14.8. The fourth-order valence-corrected chi connectivity index (χ4v) is 7.22. The maximum atomic E-state index is 4.90. The average Bonchev–Trinajstić information content (AvgIpc) is 3.77. The topological polar surface area (TPSA) is 59.3 Å². The Hall–Kier alpha value is -4.97. The van der Waals surface area contributed by atoms with E-state index in [0.29, 0.717) is 29.5 Å². The van der Waals surface area contributed by atoms with Crippen molar-refractivity contribution >= 4 is 44.7 Å². The Bertz CT molecular complexity index is 2180. The van der Waals surface area contributed by atoms with E-state index >= 15 is 0 Å². The standard InChI is InChI=1S/C30H38N3.C16H10N3.Cu/c1-19(2)23-12-9-13-24(20(3)4)28(23)32-18-33(30-27(32)16-11-17-31-30)29-25(21(5)6)14-10-15-26(29)22(7)8;1-2-6-12-11(5-1)8-9-13-15(12)19-16(18-13)14-7-3-4-10-17-14;/h9-22H,1-8H3;1-10H;/q2*-1;+2. The summed E-state index contributed by atoms with van der Waals surface area (Å²) in [4.78, 5) is 23.1. The van der Waals surface area contributed by atoms with Crippen LogP contribution >= 0.6 is 0 Å². The van der Waals surface area contributed by atoms with Gasteiger partial charge in [0.25, 0.3) is 0 Å². The first kappa shape index (κ1) is 37.8. The second kappa shape index (κ2) is 16.0. The number of fused-ring (bicyclic) bond motifs is 4. The van der Waals surface area contributed by atoms with Crippen molar-refractivity contribution < 1.29 is 17.1 Å². The van der Waals surface area contributed by atoms with Gasteiger partial charge >= 0.3 is 17.1 Å². The number of aromatic nitrogens is 4. The molecule has 7 aromatic rings. The molecule has 3 aromatic heterocycles. The van der Waals surface area contributed by atoms with Crippen molar-refractivity contribution in [1.29, 1.82) is 0 Å². The zero-order valence-corrected chi connectivity index (χ0v) is 32.8. The molecule has 1 radical (unpaired) electrons. The maximum Gasteiger partial charge on any atom is 2.00 e. The molecule has 0 unspecified atom stereocenters. The minimum absolute atomic E-state index is 0. The fraction of sp³-hybridized carbons (Fsp3) is 0.261. The second-order valence-corrected chi connectivity index (χ2v) is 14.8. The Morgan fingerprint density at radius 2 is 1.11 bits per heavy atom. The Labute approximate surface area is 325 Å². The van der Waals surface area contributed by atoms with Gasteiger partial charge in [0.05, 0.1) is 11.4 Å². The number of para-hydroxylation sites is 2. The van der Waals surface area contributed by atoms with E-state index in [4.69, 9.17) is 4.98 Å². The summed E-state index contributed by atoms with van der Waals surface area (Å²) in [5, 5.41) is 2.32. The molecule has 4 aromatic carbocycles. The summed E-state index contributed by atoms with van der Waals surface area (Å²) in [7, 11) is 0. The van der Waals surface area contributed by atoms with Crippen LogP contribution < -0.4 is 14.8 Å². The van der Waals surface area contributed by atoms with E-state index in [1.165, 1.54) is 39.0 Å². The number of anilines is 4. The van der Waals surface area contributed by atoms with Crippen LogP contribution in [0.2, 0.25) is 0 Å². The largest absolute Gasteiger partial charge is 2.00 e. The molecule has 4 heterocycles. The molecular formula is C46H48CuN6. The van der Waals surface area contributed by atoms with Crippen molar-refractivity contribution in [2.45, 2.75) is 79.1 Å². The van der Waals surface area contributed by atoms with Crippen LogP contribution in [0.15, 0.2) is 116 Å². The summed E-state index contributed by atoms with van der Waals surface area (Å²) in [6.45, 7) is 20.5. The molecule has 0 atom stereocenters. The minimum Gasteiger partial charge on any atom is -0.471 e. The summed E-state index contributed by atoms with van der Waals surface area (Å²) in [5.74, 6) is 3.38. The first-order chi connectivity index (χ1) is 25.1. The van der Waals surface area contributed by atoms with E-state index in [2.05, 4.69) is 147 Å². The van der Waals surface area contributed by atoms with Crippen LogP contribution in [0.5, 0.6) is 0 Å². The summed E-state index contributed by atoms with van der Waals surface area (Å²) in [5.41, 5.74) is 11.8. The molecule has 0 amide bonds. The van der Waals surface area contributed by atoms with E-state index in [-0.39, 0.29) is 17.1 Å². The van der Waals surface area contributed by atoms with Crippen molar-refractivity contribution in [1.82, 2.24) is 19.9 Å². The smallest absolute Gasteiger partial charge is 0.471 e. The van der Waals surface area contributed by atoms with Gasteiger partial charge in [-0.25, -0.2) is 4.98 Å². The van der Waals surface area contributed by atoms with Gasteiger partial charge in [0.15, 0.2) is 0 Å². The number of rotatable bonds is 7. The third-order valence-electron chi connectivity index (χ3n) is 9.87. The van der Waals surface area contributed by atoms with Crippen LogP contribution in [0.25, 0.3) is 33.3 Å². The molecule has 7 heteroatoms. The molecule has 8 rings (SSSR count). The summed E-state index contributed by atoms with van der Waals surface area (Å²) in [6.07, 6.45) is 3.67. The summed E-state index contributed by atoms with van der Waals surface area (Å²) < 4.78 is 0. The van der Waals surface area contributed by atoms with Gasteiger partial charge in [-0.3, -0.25) is 4.98 Å². The number of benzene rings is 4. The SMILES string of the molecule is CC(C)c1cccc(C(C)C)c1N1[CH-]N(c2c(C(C)C)cccc2C(C)C)c2ncccc21.[Cu+2].c1ccc(-c2nc3c(ccc4ccccc43)[n-]2)nc1. The minimum atomic E-state index is 0. The van der Waals surface area contributed by atoms with Crippen molar-refractivity contribution in [2.24, 2.45) is 0 Å². The quantitative estimate of drug-likeness (QED) is 0.119. The predicted octanol–water partition coefficient (Wildman–Crippen LogP) is 12.4. The number of hydrogen-bond donors (Lipinski definition) is 0. The van der Waals surface area contributed by atoms with E-state index in [9.17, 15) is 0 Å². The van der Waals surface area contributed by atoms with Gasteiger partial charge in [-0.1, -0.05) is 134 Å². The molecule has 1 aliphatic heterocycles. The fourth-order valence-electron chi connectivity index (χ4n) is 7.22. The molecule has 6 nitrogen and oxygen atoms in total. The average molecular weight is 748 g/mol. The summed E-state index contributed by atoms with van der Waals surface area (Å²) >= 11 is 0. The van der Waals surface area contributed by atoms with E-state index in [1.54, 1.807) is 6.20 Å². The monoisotopic (exact) mass is 747 g/mol. The van der Waals surface area contributed by atoms with Crippen molar-refractivity contribution in [3.05, 3.63) is 144 Å². The van der Waals surface area contributed by atoms with Crippen LogP contribution in [-0.2, 0) is 17.1 Å². The zero-order chi connectivity index (χ0) is 36.5. The zero-order valence-electron chi connectivity index (χ0n) is 31.8. The Morgan fingerprint density at radius 3 is 1.70 bits per heavy atom. The Kier molecular flexibility index (Phi) is 11.4. The predicted molar refractivity (Wildman–Crippen MR) is 218 cm³/mol. The van der Waals surface area contributed by atoms with Gasteiger partial charge < -0.3 is 19.8 Å². The van der Waals surface area contributed by atoms with Gasteiger partial charge in [-0.2, -0.15) is 0 Å². The van der Waals surface area contributed by atoms with Gasteiger partial charge in [-0.05, 0) is 97.8 Å². The van der Waals surface area contributed by atoms with Crippen molar-refractivity contribution in [3.63, 3.8) is 0 Å². The molecular weight excluding hydrogens is 700 g/mol. The van der Waals surface area contributed by atoms with Gasteiger partial charge in [-0.15, -0.1) is 6.67 Å². The van der Waals surface area contributed by atoms with Crippen LogP contribution in [-0.4, -0.2) is 15.0 Å². The Morgan fingerprint density at radius 1 is 0.547 bits per heavy atom. The third-order valence-corrected chi connectivity index (χ3v) is 9.87. The van der Waals surface area contributed by atoms with Gasteiger partial charge in [0.2, 0.25) is 0 Å². The van der Waals surface area contributed by atoms with Crippen LogP contribution in [0.4, 0.5) is 22.9 Å². The maximum absolute atomic E-state index is 4.90. The van der Waals surface area contributed by atoms with Crippen molar-refractivity contribution in [2.75, 3.05) is 9.80 Å². The summed E-state index contributed by atoms with van der Waals surface area (Å²) in [6, 6.07) is 35.8. The third kappa shape index (κ3) is 7.33. The van der Waals surface area contributed by atoms with Crippen LogP contribution in [0.1, 0.15) is 101 Å². The van der Waals surface area contributed by atoms with Crippen LogP contribution in [0, 0.1) is 6.67 Å². The molecule has 0 spiro atoms. The van der Waals surface area contributed by atoms with E-state index < -0.39 is 0 Å². The number of hydrogen-bond acceptors (Lipinski definition) is 5. The Balaban J connectivity index is 0.000000203. The molecule has 53 heavy (non-hydrogen) atoms. The molecule has 0 saturated heterocycles. The van der Waals surface area contributed by atoms with E-state index in [0.717, 1.165) is 33.6 Å². The van der Waals surface area contributed by atoms with Gasteiger partial charge in [0.1, 0.15) is 5.82 Å². The van der Waals surface area contributed by atoms with E-state index in [1.807, 2.05) is 48.7 Å². The number of imidazole rings is 1.